The van der Waals surface area contributed by atoms with Crippen LogP contribution in [0, 0.1) is 22.5 Å². The normalized spacial score (nSPS) is 25.6. The fourth-order valence-electron chi connectivity index (χ4n) is 2.13. The smallest absolute Gasteiger partial charge is 0.406 e. The first-order valence-corrected chi connectivity index (χ1v) is 6.02. The number of nitrogens with zero attached hydrogens (tertiary/aromatic N) is 3. The van der Waals surface area contributed by atoms with Crippen molar-refractivity contribution in [2.75, 3.05) is 18.5 Å². The molecule has 1 aromatic heterocycles. The minimum absolute atomic E-state index is 0.0601. The highest BCUT2D eigenvalue weighted by Crippen LogP contribution is 2.33. The number of carbonyl (C=O) groups is 1. The van der Waals surface area contributed by atoms with Gasteiger partial charge < -0.3 is 25.3 Å². The monoisotopic (exact) mass is 284 g/mol. The highest BCUT2D eigenvalue weighted by atomic mass is 16.6. The molecule has 1 aliphatic heterocycles. The van der Waals surface area contributed by atoms with E-state index in [2.05, 4.69) is 10.3 Å². The van der Waals surface area contributed by atoms with Gasteiger partial charge in [-0.05, 0) is 16.8 Å². The molecule has 0 spiro atoms. The summed E-state index contributed by atoms with van der Waals surface area (Å²) in [7, 11) is 1.63. The molecule has 2 heterocycles. The van der Waals surface area contributed by atoms with E-state index < -0.39 is 22.3 Å². The summed E-state index contributed by atoms with van der Waals surface area (Å²) < 4.78 is 6.74. The molecule has 2 unspecified atom stereocenters. The predicted octanol–water partition coefficient (Wildman–Crippen LogP) is 0.538. The first-order valence-electron chi connectivity index (χ1n) is 6.02. The van der Waals surface area contributed by atoms with E-state index in [-0.39, 0.29) is 24.8 Å². The number of aliphatic carboxylic acids is 1. The van der Waals surface area contributed by atoms with Crippen LogP contribution in [0.5, 0.6) is 0 Å². The van der Waals surface area contributed by atoms with Crippen molar-refractivity contribution in [1.29, 1.82) is 0 Å². The standard InChI is InChI=1S/C11H16N4O5/c1-6-12-9(15(18)19)8(14(6)3)13-7-4-20-5-11(7,2)10(16)17/h7,13H,4-5H2,1-3H3,(H,16,17). The summed E-state index contributed by atoms with van der Waals surface area (Å²) >= 11 is 0. The lowest BCUT2D eigenvalue weighted by Crippen LogP contribution is -2.43. The lowest BCUT2D eigenvalue weighted by atomic mass is 9.85. The molecule has 1 aromatic rings. The van der Waals surface area contributed by atoms with Crippen molar-refractivity contribution >= 4 is 17.6 Å². The number of hydrogen-bond donors (Lipinski definition) is 2. The Balaban J connectivity index is 2.35. The third-order valence-electron chi connectivity index (χ3n) is 3.73. The number of hydrogen-bond acceptors (Lipinski definition) is 6. The molecule has 2 atom stereocenters. The summed E-state index contributed by atoms with van der Waals surface area (Å²) in [5, 5.41) is 23.2. The molecular weight excluding hydrogens is 268 g/mol. The average molecular weight is 284 g/mol. The zero-order valence-corrected chi connectivity index (χ0v) is 11.4. The van der Waals surface area contributed by atoms with Gasteiger partial charge in [-0.3, -0.25) is 9.36 Å². The van der Waals surface area contributed by atoms with Crippen LogP contribution in [0.15, 0.2) is 0 Å². The van der Waals surface area contributed by atoms with Crippen molar-refractivity contribution in [3.8, 4) is 0 Å². The van der Waals surface area contributed by atoms with Crippen molar-refractivity contribution in [3.05, 3.63) is 15.9 Å². The van der Waals surface area contributed by atoms with Crippen molar-refractivity contribution in [3.63, 3.8) is 0 Å². The molecule has 0 aromatic carbocycles. The van der Waals surface area contributed by atoms with Gasteiger partial charge in [0, 0.05) is 14.0 Å². The van der Waals surface area contributed by atoms with E-state index in [9.17, 15) is 20.0 Å². The minimum Gasteiger partial charge on any atom is -0.481 e. The number of nitrogens with one attached hydrogen (secondary N) is 1. The summed E-state index contributed by atoms with van der Waals surface area (Å²) in [4.78, 5) is 25.6. The number of ether oxygens (including phenoxy) is 1. The van der Waals surface area contributed by atoms with Gasteiger partial charge in [-0.15, -0.1) is 0 Å². The molecule has 110 valence electrons. The van der Waals surface area contributed by atoms with Gasteiger partial charge in [-0.25, -0.2) is 0 Å². The van der Waals surface area contributed by atoms with E-state index in [1.54, 1.807) is 20.9 Å². The molecule has 0 amide bonds. The average Bonchev–Trinajstić information content (AvgIpc) is 2.86. The van der Waals surface area contributed by atoms with Gasteiger partial charge in [-0.1, -0.05) is 0 Å². The maximum atomic E-state index is 11.4. The molecular formula is C11H16N4O5. The van der Waals surface area contributed by atoms with Crippen LogP contribution in [-0.2, 0) is 16.6 Å². The van der Waals surface area contributed by atoms with Crippen molar-refractivity contribution < 1.29 is 19.6 Å². The van der Waals surface area contributed by atoms with E-state index in [0.717, 1.165) is 0 Å². The number of anilines is 1. The SMILES string of the molecule is Cc1nc([N+](=O)[O-])c(NC2COCC2(C)C(=O)O)n1C. The summed E-state index contributed by atoms with van der Waals surface area (Å²) in [6.07, 6.45) is 0. The van der Waals surface area contributed by atoms with Crippen LogP contribution in [0.2, 0.25) is 0 Å². The fraction of sp³-hybridized carbons (Fsp3) is 0.636. The van der Waals surface area contributed by atoms with E-state index in [0.29, 0.717) is 5.82 Å². The first kappa shape index (κ1) is 14.3. The Kier molecular flexibility index (Phi) is 3.38. The molecule has 0 bridgehead atoms. The van der Waals surface area contributed by atoms with Crippen LogP contribution in [0.1, 0.15) is 12.7 Å². The Bertz CT molecular complexity index is 569. The molecule has 1 saturated heterocycles. The lowest BCUT2D eigenvalue weighted by molar-refractivity contribution is -0.388. The molecule has 0 saturated carbocycles. The van der Waals surface area contributed by atoms with E-state index in [4.69, 9.17) is 4.74 Å². The predicted molar refractivity (Wildman–Crippen MR) is 68.6 cm³/mol. The number of aromatic nitrogens is 2. The summed E-state index contributed by atoms with van der Waals surface area (Å²) in [6, 6.07) is -0.562. The van der Waals surface area contributed by atoms with Crippen LogP contribution < -0.4 is 5.32 Å². The molecule has 2 rings (SSSR count). The molecule has 1 fully saturated rings. The lowest BCUT2D eigenvalue weighted by Gasteiger charge is -2.25. The Morgan fingerprint density at radius 1 is 1.70 bits per heavy atom. The zero-order chi connectivity index (χ0) is 15.1. The van der Waals surface area contributed by atoms with E-state index >= 15 is 0 Å². The Hall–Kier alpha value is -2.16. The molecule has 20 heavy (non-hydrogen) atoms. The quantitative estimate of drug-likeness (QED) is 0.611. The second-order valence-corrected chi connectivity index (χ2v) is 5.08. The highest BCUT2D eigenvalue weighted by molar-refractivity contribution is 5.77. The fourth-order valence-corrected chi connectivity index (χ4v) is 2.13. The van der Waals surface area contributed by atoms with Crippen LogP contribution in [-0.4, -0.2) is 44.8 Å². The van der Waals surface area contributed by atoms with Gasteiger partial charge in [-0.2, -0.15) is 0 Å². The topological polar surface area (TPSA) is 120 Å². The van der Waals surface area contributed by atoms with Crippen LogP contribution in [0.3, 0.4) is 0 Å². The largest absolute Gasteiger partial charge is 0.481 e. The summed E-state index contributed by atoms with van der Waals surface area (Å²) in [6.45, 7) is 3.42. The van der Waals surface area contributed by atoms with Crippen LogP contribution >= 0.6 is 0 Å². The number of carboxylic acid groups (broad SMARTS) is 1. The molecule has 9 nitrogen and oxygen atoms in total. The minimum atomic E-state index is -1.13. The summed E-state index contributed by atoms with van der Waals surface area (Å²) in [5.74, 6) is -0.663. The Morgan fingerprint density at radius 2 is 2.35 bits per heavy atom. The molecule has 0 aliphatic carbocycles. The van der Waals surface area contributed by atoms with E-state index in [1.165, 1.54) is 4.57 Å². The number of aryl methyl sites for hydroxylation is 1. The molecule has 9 heteroatoms. The summed E-state index contributed by atoms with van der Waals surface area (Å²) in [5.41, 5.74) is -1.13. The van der Waals surface area contributed by atoms with Crippen molar-refractivity contribution in [2.45, 2.75) is 19.9 Å². The highest BCUT2D eigenvalue weighted by Gasteiger charge is 2.47. The van der Waals surface area contributed by atoms with Gasteiger partial charge in [0.1, 0.15) is 5.41 Å². The van der Waals surface area contributed by atoms with Gasteiger partial charge in [0.25, 0.3) is 0 Å². The number of rotatable bonds is 4. The van der Waals surface area contributed by atoms with Crippen LogP contribution in [0.4, 0.5) is 11.6 Å². The Labute approximate surface area is 114 Å². The number of carboxylic acids is 1. The van der Waals surface area contributed by atoms with Gasteiger partial charge in [0.15, 0.2) is 0 Å². The number of nitro groups is 1. The molecule has 2 N–H and O–H groups in total. The Morgan fingerprint density at radius 3 is 2.90 bits per heavy atom. The number of imidazole rings is 1. The zero-order valence-electron chi connectivity index (χ0n) is 11.4. The molecule has 0 radical (unpaired) electrons. The van der Waals surface area contributed by atoms with Gasteiger partial charge >= 0.3 is 11.8 Å². The van der Waals surface area contributed by atoms with Crippen molar-refractivity contribution in [1.82, 2.24) is 9.55 Å². The van der Waals surface area contributed by atoms with Crippen molar-refractivity contribution in [2.24, 2.45) is 12.5 Å². The maximum absolute atomic E-state index is 11.4. The maximum Gasteiger partial charge on any atom is 0.406 e. The third kappa shape index (κ3) is 2.09. The second kappa shape index (κ2) is 4.75. The second-order valence-electron chi connectivity index (χ2n) is 5.08. The van der Waals surface area contributed by atoms with Gasteiger partial charge in [0.05, 0.1) is 19.3 Å². The third-order valence-corrected chi connectivity index (χ3v) is 3.73. The van der Waals surface area contributed by atoms with Gasteiger partial charge in [0.2, 0.25) is 11.6 Å². The van der Waals surface area contributed by atoms with Crippen LogP contribution in [0.25, 0.3) is 0 Å². The molecule has 1 aliphatic rings. The van der Waals surface area contributed by atoms with E-state index in [1.807, 2.05) is 0 Å². The first-order chi connectivity index (χ1) is 9.27.